The minimum atomic E-state index is -0.565. The highest BCUT2D eigenvalue weighted by molar-refractivity contribution is 5.40. The zero-order chi connectivity index (χ0) is 14.4. The van der Waals surface area contributed by atoms with Gasteiger partial charge in [-0.3, -0.25) is 4.90 Å². The molecule has 2 nitrogen and oxygen atoms in total. The molecule has 0 radical (unpaired) electrons. The normalized spacial score (nSPS) is 41.1. The summed E-state index contributed by atoms with van der Waals surface area (Å²) in [5.74, 6) is 0.909. The Kier molecular flexibility index (Phi) is 3.46. The average Bonchev–Trinajstić information content (AvgIpc) is 3.10. The van der Waals surface area contributed by atoms with Crippen LogP contribution in [0.25, 0.3) is 0 Å². The SMILES string of the molecule is CCN1CC2CC2(C2=CCC(N3CCC(F)CC3)C=C2)C1. The molecule has 0 bridgehead atoms. The van der Waals surface area contributed by atoms with Gasteiger partial charge < -0.3 is 4.90 Å². The number of allylic oxidation sites excluding steroid dienone is 1. The van der Waals surface area contributed by atoms with Crippen LogP contribution in [0.1, 0.15) is 32.6 Å². The minimum absolute atomic E-state index is 0.503. The first-order valence-corrected chi connectivity index (χ1v) is 8.70. The maximum absolute atomic E-state index is 13.3. The third-order valence-electron chi connectivity index (χ3n) is 6.24. The first kappa shape index (κ1) is 14.0. The van der Waals surface area contributed by atoms with E-state index in [1.807, 2.05) is 0 Å². The lowest BCUT2D eigenvalue weighted by atomic mass is 9.88. The van der Waals surface area contributed by atoms with Gasteiger partial charge in [0.05, 0.1) is 0 Å². The van der Waals surface area contributed by atoms with Crippen LogP contribution in [-0.4, -0.2) is 54.7 Å². The number of piperidine rings is 2. The number of halogens is 1. The van der Waals surface area contributed by atoms with Gasteiger partial charge in [-0.05, 0) is 43.7 Å². The van der Waals surface area contributed by atoms with Gasteiger partial charge in [-0.2, -0.15) is 0 Å². The van der Waals surface area contributed by atoms with Gasteiger partial charge in [-0.25, -0.2) is 4.39 Å². The topological polar surface area (TPSA) is 6.48 Å². The highest BCUT2D eigenvalue weighted by Crippen LogP contribution is 2.62. The van der Waals surface area contributed by atoms with Crippen LogP contribution in [0.3, 0.4) is 0 Å². The molecule has 3 heteroatoms. The molecule has 0 aromatic heterocycles. The monoisotopic (exact) mass is 290 g/mol. The first-order valence-electron chi connectivity index (χ1n) is 8.70. The van der Waals surface area contributed by atoms with Crippen molar-refractivity contribution in [2.45, 2.75) is 44.8 Å². The average molecular weight is 290 g/mol. The predicted octanol–water partition coefficient (Wildman–Crippen LogP) is 3.02. The Labute approximate surface area is 127 Å². The summed E-state index contributed by atoms with van der Waals surface area (Å²) in [6.07, 6.45) is 10.7. The van der Waals surface area contributed by atoms with Crippen LogP contribution < -0.4 is 0 Å². The van der Waals surface area contributed by atoms with Crippen LogP contribution in [0, 0.1) is 11.3 Å². The summed E-state index contributed by atoms with van der Waals surface area (Å²) in [5.41, 5.74) is 2.10. The molecule has 2 aliphatic heterocycles. The Bertz CT molecular complexity index is 464. The number of rotatable bonds is 3. The largest absolute Gasteiger partial charge is 0.302 e. The molecule has 0 aromatic rings. The van der Waals surface area contributed by atoms with E-state index in [4.69, 9.17) is 0 Å². The summed E-state index contributed by atoms with van der Waals surface area (Å²) in [5, 5.41) is 0. The Morgan fingerprint density at radius 2 is 2.14 bits per heavy atom. The minimum Gasteiger partial charge on any atom is -0.302 e. The molecule has 2 aliphatic carbocycles. The molecule has 0 amide bonds. The van der Waals surface area contributed by atoms with Gasteiger partial charge in [-0.15, -0.1) is 0 Å². The van der Waals surface area contributed by atoms with Crippen LogP contribution in [0.2, 0.25) is 0 Å². The van der Waals surface area contributed by atoms with Crippen LogP contribution >= 0.6 is 0 Å². The van der Waals surface area contributed by atoms with E-state index in [1.54, 1.807) is 5.57 Å². The quantitative estimate of drug-likeness (QED) is 0.788. The fourth-order valence-corrected chi connectivity index (χ4v) is 4.72. The van der Waals surface area contributed by atoms with Crippen molar-refractivity contribution in [1.82, 2.24) is 9.80 Å². The lowest BCUT2D eigenvalue weighted by molar-refractivity contribution is 0.128. The molecule has 3 fully saturated rings. The fourth-order valence-electron chi connectivity index (χ4n) is 4.72. The van der Waals surface area contributed by atoms with Crippen molar-refractivity contribution in [3.05, 3.63) is 23.8 Å². The Morgan fingerprint density at radius 1 is 1.33 bits per heavy atom. The summed E-state index contributed by atoms with van der Waals surface area (Å²) in [6.45, 7) is 7.88. The molecule has 3 atom stereocenters. The van der Waals surface area contributed by atoms with Crippen molar-refractivity contribution in [2.75, 3.05) is 32.7 Å². The molecule has 21 heavy (non-hydrogen) atoms. The second kappa shape index (κ2) is 5.20. The summed E-state index contributed by atoms with van der Waals surface area (Å²) in [7, 11) is 0. The smallest absolute Gasteiger partial charge is 0.103 e. The Morgan fingerprint density at radius 3 is 2.76 bits per heavy atom. The molecule has 2 heterocycles. The van der Waals surface area contributed by atoms with Crippen molar-refractivity contribution >= 4 is 0 Å². The third kappa shape index (κ3) is 2.39. The lowest BCUT2D eigenvalue weighted by Gasteiger charge is -2.35. The molecule has 0 N–H and O–H groups in total. The number of hydrogen-bond acceptors (Lipinski definition) is 2. The molecule has 3 unspecified atom stereocenters. The van der Waals surface area contributed by atoms with E-state index in [-0.39, 0.29) is 0 Å². The molecule has 2 saturated heterocycles. The number of hydrogen-bond donors (Lipinski definition) is 0. The van der Waals surface area contributed by atoms with Crippen molar-refractivity contribution < 1.29 is 4.39 Å². The predicted molar refractivity (Wildman–Crippen MR) is 84.0 cm³/mol. The van der Waals surface area contributed by atoms with Gasteiger partial charge in [0.15, 0.2) is 0 Å². The van der Waals surface area contributed by atoms with Gasteiger partial charge in [-0.1, -0.05) is 25.2 Å². The first-order chi connectivity index (χ1) is 10.2. The van der Waals surface area contributed by atoms with Crippen LogP contribution in [0.4, 0.5) is 4.39 Å². The summed E-state index contributed by atoms with van der Waals surface area (Å²) in [6, 6.07) is 0.513. The highest BCUT2D eigenvalue weighted by atomic mass is 19.1. The molecular weight excluding hydrogens is 263 g/mol. The maximum atomic E-state index is 13.3. The van der Waals surface area contributed by atoms with E-state index in [0.717, 1.165) is 38.3 Å². The molecule has 0 aromatic carbocycles. The lowest BCUT2D eigenvalue weighted by Crippen LogP contribution is -2.41. The number of nitrogens with zero attached hydrogens (tertiary/aromatic N) is 2. The van der Waals surface area contributed by atoms with Crippen LogP contribution in [0.15, 0.2) is 23.8 Å². The number of likely N-dealkylation sites (tertiary alicyclic amines) is 2. The van der Waals surface area contributed by atoms with E-state index in [2.05, 4.69) is 35.0 Å². The Hall–Kier alpha value is -0.670. The zero-order valence-corrected chi connectivity index (χ0v) is 13.1. The molecule has 0 spiro atoms. The fraction of sp³-hybridized carbons (Fsp3) is 0.778. The second-order valence-corrected chi connectivity index (χ2v) is 7.42. The van der Waals surface area contributed by atoms with Gasteiger partial charge in [0.2, 0.25) is 0 Å². The van der Waals surface area contributed by atoms with Crippen molar-refractivity contribution in [3.8, 4) is 0 Å². The third-order valence-corrected chi connectivity index (χ3v) is 6.24. The van der Waals surface area contributed by atoms with E-state index in [9.17, 15) is 4.39 Å². The van der Waals surface area contributed by atoms with E-state index in [0.29, 0.717) is 11.5 Å². The van der Waals surface area contributed by atoms with E-state index >= 15 is 0 Å². The Balaban J connectivity index is 1.38. The van der Waals surface area contributed by atoms with Crippen LogP contribution in [0.5, 0.6) is 0 Å². The van der Waals surface area contributed by atoms with E-state index < -0.39 is 6.17 Å². The molecular formula is C18H27FN2. The van der Waals surface area contributed by atoms with Crippen LogP contribution in [-0.2, 0) is 0 Å². The van der Waals surface area contributed by atoms with Gasteiger partial charge in [0, 0.05) is 37.6 Å². The maximum Gasteiger partial charge on any atom is 0.103 e. The standard InChI is InChI=1S/C18H27FN2/c1-2-20-12-15-11-18(15,13-20)14-3-5-17(6-4-14)21-9-7-16(19)8-10-21/h3-5,15-17H,2,6-13H2,1H3. The van der Waals surface area contributed by atoms with Gasteiger partial charge >= 0.3 is 0 Å². The summed E-state index contributed by atoms with van der Waals surface area (Å²) in [4.78, 5) is 5.07. The summed E-state index contributed by atoms with van der Waals surface area (Å²) >= 11 is 0. The number of fused-ring (bicyclic) bond motifs is 1. The molecule has 116 valence electrons. The van der Waals surface area contributed by atoms with Gasteiger partial charge in [0.1, 0.15) is 6.17 Å². The van der Waals surface area contributed by atoms with Crippen molar-refractivity contribution in [3.63, 3.8) is 0 Å². The van der Waals surface area contributed by atoms with Gasteiger partial charge in [0.25, 0.3) is 0 Å². The molecule has 4 aliphatic rings. The molecule has 1 saturated carbocycles. The van der Waals surface area contributed by atoms with Crippen molar-refractivity contribution in [2.24, 2.45) is 11.3 Å². The second-order valence-electron chi connectivity index (χ2n) is 7.42. The van der Waals surface area contributed by atoms with E-state index in [1.165, 1.54) is 26.1 Å². The highest BCUT2D eigenvalue weighted by Gasteiger charge is 2.60. The zero-order valence-electron chi connectivity index (χ0n) is 13.1. The van der Waals surface area contributed by atoms with Crippen molar-refractivity contribution in [1.29, 1.82) is 0 Å². The molecule has 4 rings (SSSR count). The summed E-state index contributed by atoms with van der Waals surface area (Å²) < 4.78 is 13.3. The number of alkyl halides is 1.